The van der Waals surface area contributed by atoms with E-state index in [2.05, 4.69) is 15.0 Å². The molecule has 0 fully saturated rings. The molecule has 0 bridgehead atoms. The van der Waals surface area contributed by atoms with Crippen molar-refractivity contribution in [3.05, 3.63) is 18.1 Å². The van der Waals surface area contributed by atoms with Gasteiger partial charge in [-0.15, -0.1) is 0 Å². The normalized spacial score (nSPS) is 10.7. The van der Waals surface area contributed by atoms with Gasteiger partial charge >= 0.3 is 0 Å². The van der Waals surface area contributed by atoms with Crippen molar-refractivity contribution in [1.29, 1.82) is 5.41 Å². The average molecular weight is 205 g/mol. The van der Waals surface area contributed by atoms with Gasteiger partial charge in [0.2, 0.25) is 5.91 Å². The standard InChI is InChI=1S/C9H11N5O/c1-2-3-6(15)14-5-13-8(10)7-9(14)12-4-11-7/h4-5,10H,2-3H2,1H3,(H,11,12). The molecule has 0 saturated carbocycles. The Hall–Kier alpha value is -1.98. The number of H-pyrrole nitrogens is 1. The first-order valence-corrected chi connectivity index (χ1v) is 4.72. The monoisotopic (exact) mass is 205 g/mol. The van der Waals surface area contributed by atoms with Crippen LogP contribution >= 0.6 is 0 Å². The van der Waals surface area contributed by atoms with Crippen LogP contribution in [0.25, 0.3) is 11.2 Å². The van der Waals surface area contributed by atoms with Crippen LogP contribution in [0.4, 0.5) is 0 Å². The van der Waals surface area contributed by atoms with Crippen molar-refractivity contribution in [2.45, 2.75) is 19.8 Å². The first-order valence-electron chi connectivity index (χ1n) is 4.72. The molecule has 2 aromatic heterocycles. The summed E-state index contributed by atoms with van der Waals surface area (Å²) in [7, 11) is 0. The Kier molecular flexibility index (Phi) is 2.32. The lowest BCUT2D eigenvalue weighted by atomic mass is 10.3. The Labute approximate surface area is 85.5 Å². The summed E-state index contributed by atoms with van der Waals surface area (Å²) in [5.41, 5.74) is 1.05. The number of fused-ring (bicyclic) bond motifs is 1. The van der Waals surface area contributed by atoms with E-state index in [0.29, 0.717) is 17.6 Å². The summed E-state index contributed by atoms with van der Waals surface area (Å²) in [6.45, 7) is 1.94. The molecule has 0 radical (unpaired) electrons. The number of hydrogen-bond donors (Lipinski definition) is 2. The Morgan fingerprint density at radius 3 is 3.13 bits per heavy atom. The van der Waals surface area contributed by atoms with Crippen LogP contribution in [-0.2, 0) is 0 Å². The third-order valence-corrected chi connectivity index (χ3v) is 2.12. The molecule has 15 heavy (non-hydrogen) atoms. The number of carbonyl (C=O) groups is 1. The van der Waals surface area contributed by atoms with Gasteiger partial charge in [0, 0.05) is 6.42 Å². The Morgan fingerprint density at radius 1 is 1.60 bits per heavy atom. The zero-order valence-electron chi connectivity index (χ0n) is 8.32. The van der Waals surface area contributed by atoms with E-state index in [-0.39, 0.29) is 11.4 Å². The van der Waals surface area contributed by atoms with Gasteiger partial charge in [-0.1, -0.05) is 6.92 Å². The van der Waals surface area contributed by atoms with Crippen molar-refractivity contribution in [3.8, 4) is 0 Å². The van der Waals surface area contributed by atoms with Gasteiger partial charge in [-0.2, -0.15) is 0 Å². The van der Waals surface area contributed by atoms with Crippen molar-refractivity contribution in [3.63, 3.8) is 0 Å². The summed E-state index contributed by atoms with van der Waals surface area (Å²) in [5.74, 6) is -0.0536. The van der Waals surface area contributed by atoms with Gasteiger partial charge < -0.3 is 4.98 Å². The molecule has 0 aliphatic rings. The number of carbonyl (C=O) groups excluding carboxylic acids is 1. The van der Waals surface area contributed by atoms with E-state index in [0.717, 1.165) is 6.42 Å². The Bertz CT molecular complexity index is 553. The first kappa shape index (κ1) is 9.57. The minimum atomic E-state index is -0.0536. The van der Waals surface area contributed by atoms with Gasteiger partial charge in [0.1, 0.15) is 11.8 Å². The van der Waals surface area contributed by atoms with Crippen LogP contribution in [0.2, 0.25) is 0 Å². The van der Waals surface area contributed by atoms with Gasteiger partial charge in [0.15, 0.2) is 11.1 Å². The highest BCUT2D eigenvalue weighted by Crippen LogP contribution is 2.04. The molecule has 0 unspecified atom stereocenters. The highest BCUT2D eigenvalue weighted by molar-refractivity contribution is 5.86. The molecule has 0 atom stereocenters. The summed E-state index contributed by atoms with van der Waals surface area (Å²) < 4.78 is 1.38. The maximum absolute atomic E-state index is 11.7. The zero-order valence-corrected chi connectivity index (χ0v) is 8.32. The number of nitrogens with one attached hydrogen (secondary N) is 2. The van der Waals surface area contributed by atoms with Crippen molar-refractivity contribution < 1.29 is 4.79 Å². The second kappa shape index (κ2) is 3.64. The third-order valence-electron chi connectivity index (χ3n) is 2.12. The van der Waals surface area contributed by atoms with E-state index in [9.17, 15) is 4.79 Å². The minimum Gasteiger partial charge on any atom is -0.340 e. The fourth-order valence-corrected chi connectivity index (χ4v) is 1.40. The summed E-state index contributed by atoms with van der Waals surface area (Å²) in [6.07, 6.45) is 4.04. The smallest absolute Gasteiger partial charge is 0.233 e. The zero-order chi connectivity index (χ0) is 10.8. The van der Waals surface area contributed by atoms with Crippen LogP contribution in [0.3, 0.4) is 0 Å². The molecular formula is C9H11N5O. The molecule has 6 nitrogen and oxygen atoms in total. The van der Waals surface area contributed by atoms with E-state index in [1.165, 1.54) is 17.2 Å². The summed E-state index contributed by atoms with van der Waals surface area (Å²) in [5, 5.41) is 7.51. The van der Waals surface area contributed by atoms with Crippen LogP contribution in [0.5, 0.6) is 0 Å². The molecule has 2 N–H and O–H groups in total. The van der Waals surface area contributed by atoms with Crippen LogP contribution in [0.1, 0.15) is 24.6 Å². The number of imidazole rings is 1. The lowest BCUT2D eigenvalue weighted by Gasteiger charge is -2.03. The topological polar surface area (TPSA) is 87.4 Å². The molecule has 0 saturated heterocycles. The molecule has 0 spiro atoms. The van der Waals surface area contributed by atoms with E-state index in [4.69, 9.17) is 5.41 Å². The quantitative estimate of drug-likeness (QED) is 0.755. The molecule has 0 aromatic carbocycles. The van der Waals surface area contributed by atoms with Gasteiger partial charge in [-0.25, -0.2) is 9.97 Å². The molecule has 2 heterocycles. The average Bonchev–Trinajstić information content (AvgIpc) is 2.68. The van der Waals surface area contributed by atoms with E-state index in [1.54, 1.807) is 0 Å². The number of hydrogen-bond acceptors (Lipinski definition) is 4. The number of nitrogens with zero attached hydrogens (tertiary/aromatic N) is 3. The van der Waals surface area contributed by atoms with Crippen LogP contribution in [0.15, 0.2) is 12.7 Å². The van der Waals surface area contributed by atoms with Crippen molar-refractivity contribution in [2.24, 2.45) is 0 Å². The molecule has 0 aliphatic carbocycles. The summed E-state index contributed by atoms with van der Waals surface area (Å²) >= 11 is 0. The first-order chi connectivity index (χ1) is 7.24. The largest absolute Gasteiger partial charge is 0.340 e. The Balaban J connectivity index is 2.62. The maximum Gasteiger partial charge on any atom is 0.233 e. The number of rotatable bonds is 2. The van der Waals surface area contributed by atoms with E-state index in [1.807, 2.05) is 6.92 Å². The fourth-order valence-electron chi connectivity index (χ4n) is 1.40. The molecule has 2 rings (SSSR count). The molecule has 2 aromatic rings. The summed E-state index contributed by atoms with van der Waals surface area (Å²) in [6, 6.07) is 0. The molecule has 0 amide bonds. The third kappa shape index (κ3) is 1.54. The van der Waals surface area contributed by atoms with Crippen molar-refractivity contribution >= 4 is 17.1 Å². The fraction of sp³-hybridized carbons (Fsp3) is 0.333. The van der Waals surface area contributed by atoms with Gasteiger partial charge in [0.05, 0.1) is 6.33 Å². The predicted octanol–water partition coefficient (Wildman–Crippen LogP) is 0.679. The lowest BCUT2D eigenvalue weighted by Crippen LogP contribution is -2.17. The van der Waals surface area contributed by atoms with Crippen LogP contribution < -0.4 is 5.49 Å². The molecule has 0 aliphatic heterocycles. The van der Waals surface area contributed by atoms with Crippen LogP contribution in [0, 0.1) is 5.41 Å². The SMILES string of the molecule is CCCC(=O)n1cnc(=N)c2[nH]cnc21. The van der Waals surface area contributed by atoms with Crippen molar-refractivity contribution in [2.75, 3.05) is 0 Å². The summed E-state index contributed by atoms with van der Waals surface area (Å²) in [4.78, 5) is 22.3. The van der Waals surface area contributed by atoms with Gasteiger partial charge in [-0.05, 0) is 6.42 Å². The minimum absolute atomic E-state index is 0.0536. The molecular weight excluding hydrogens is 194 g/mol. The van der Waals surface area contributed by atoms with Gasteiger partial charge in [-0.3, -0.25) is 14.8 Å². The predicted molar refractivity (Wildman–Crippen MR) is 53.3 cm³/mol. The second-order valence-electron chi connectivity index (χ2n) is 3.21. The highest BCUT2D eigenvalue weighted by Gasteiger charge is 2.09. The Morgan fingerprint density at radius 2 is 2.40 bits per heavy atom. The lowest BCUT2D eigenvalue weighted by molar-refractivity contribution is 0.0904. The van der Waals surface area contributed by atoms with Gasteiger partial charge in [0.25, 0.3) is 0 Å². The van der Waals surface area contributed by atoms with Crippen molar-refractivity contribution in [1.82, 2.24) is 19.5 Å². The van der Waals surface area contributed by atoms with E-state index < -0.39 is 0 Å². The molecule has 78 valence electrons. The highest BCUT2D eigenvalue weighted by atomic mass is 16.2. The van der Waals surface area contributed by atoms with E-state index >= 15 is 0 Å². The number of aromatic amines is 1. The molecule has 6 heteroatoms. The maximum atomic E-state index is 11.7. The van der Waals surface area contributed by atoms with Crippen LogP contribution in [-0.4, -0.2) is 25.4 Å². The second-order valence-corrected chi connectivity index (χ2v) is 3.21. The number of aromatic nitrogens is 4.